The van der Waals surface area contributed by atoms with Crippen LogP contribution in [0.4, 0.5) is 0 Å². The third kappa shape index (κ3) is 8.60. The van der Waals surface area contributed by atoms with Gasteiger partial charge in [-0.2, -0.15) is 21.0 Å². The molecule has 0 spiro atoms. The van der Waals surface area contributed by atoms with Crippen LogP contribution in [0.1, 0.15) is 22.8 Å². The normalized spacial score (nSPS) is 7.56. The Morgan fingerprint density at radius 1 is 0.407 bits per heavy atom. The Hall–Kier alpha value is -3.99. The summed E-state index contributed by atoms with van der Waals surface area (Å²) in [5, 5.41) is 34.1. The van der Waals surface area contributed by atoms with Gasteiger partial charge in [-0.3, -0.25) is 0 Å². The Kier molecular flexibility index (Phi) is 12.2. The van der Waals surface area contributed by atoms with Crippen molar-refractivity contribution in [1.82, 2.24) is 9.97 Å². The quantitative estimate of drug-likeness (QED) is 0.582. The molecule has 6 nitrogen and oxygen atoms in total. The van der Waals surface area contributed by atoms with E-state index in [1.807, 2.05) is 72.8 Å². The zero-order chi connectivity index (χ0) is 19.0. The monoisotopic (exact) mass is 388 g/mol. The van der Waals surface area contributed by atoms with Crippen LogP contribution >= 0.6 is 0 Å². The minimum Gasteiger partial charge on any atom is -0.220 e. The molecular weight excluding hydrogens is 376 g/mol. The summed E-state index contributed by atoms with van der Waals surface area (Å²) in [6, 6.07) is 30.5. The van der Waals surface area contributed by atoms with Gasteiger partial charge < -0.3 is 0 Å². The van der Waals surface area contributed by atoms with E-state index < -0.39 is 0 Å². The SMILES string of the molecule is N#Cc1nc(C#N)c(C#N)nc1C#N.[Cr].c1ccccc1.c1ccccc1. The van der Waals surface area contributed by atoms with E-state index in [-0.39, 0.29) is 40.1 Å². The maximum Gasteiger partial charge on any atom is 0.178 e. The molecule has 0 aliphatic rings. The molecule has 0 bridgehead atoms. The molecular formula is C20H12CrN6. The van der Waals surface area contributed by atoms with Crippen molar-refractivity contribution in [3.63, 3.8) is 0 Å². The van der Waals surface area contributed by atoms with Gasteiger partial charge in [-0.25, -0.2) is 9.97 Å². The van der Waals surface area contributed by atoms with Crippen molar-refractivity contribution >= 4 is 0 Å². The maximum atomic E-state index is 8.54. The molecule has 3 aromatic rings. The number of hydrogen-bond acceptors (Lipinski definition) is 6. The van der Waals surface area contributed by atoms with Gasteiger partial charge in [0.05, 0.1) is 0 Å². The zero-order valence-corrected chi connectivity index (χ0v) is 15.3. The van der Waals surface area contributed by atoms with E-state index in [2.05, 4.69) is 9.97 Å². The Balaban J connectivity index is 0.000000429. The summed E-state index contributed by atoms with van der Waals surface area (Å²) in [4.78, 5) is 7.04. The van der Waals surface area contributed by atoms with Crippen LogP contribution in [0.2, 0.25) is 0 Å². The first-order valence-corrected chi connectivity index (χ1v) is 7.29. The molecule has 0 N–H and O–H groups in total. The molecule has 3 rings (SSSR count). The summed E-state index contributed by atoms with van der Waals surface area (Å²) in [5.41, 5.74) is -0.989. The van der Waals surface area contributed by atoms with Crippen molar-refractivity contribution in [2.75, 3.05) is 0 Å². The summed E-state index contributed by atoms with van der Waals surface area (Å²) in [6.07, 6.45) is 0. The van der Waals surface area contributed by atoms with Crippen LogP contribution in [-0.4, -0.2) is 9.97 Å². The van der Waals surface area contributed by atoms with Crippen molar-refractivity contribution in [3.8, 4) is 24.3 Å². The summed E-state index contributed by atoms with van der Waals surface area (Å²) in [7, 11) is 0. The minimum absolute atomic E-state index is 0. The smallest absolute Gasteiger partial charge is 0.178 e. The van der Waals surface area contributed by atoms with E-state index in [4.69, 9.17) is 21.0 Å². The Bertz CT molecular complexity index is 795. The zero-order valence-electron chi connectivity index (χ0n) is 14.0. The second kappa shape index (κ2) is 14.4. The number of benzene rings is 2. The summed E-state index contributed by atoms with van der Waals surface area (Å²) >= 11 is 0. The topological polar surface area (TPSA) is 121 Å². The fraction of sp³-hybridized carbons (Fsp3) is 0. The second-order valence-corrected chi connectivity index (χ2v) is 4.37. The van der Waals surface area contributed by atoms with Crippen LogP contribution < -0.4 is 0 Å². The van der Waals surface area contributed by atoms with Crippen molar-refractivity contribution in [3.05, 3.63) is 95.6 Å². The van der Waals surface area contributed by atoms with Crippen LogP contribution in [0, 0.1) is 45.3 Å². The predicted molar refractivity (Wildman–Crippen MR) is 93.8 cm³/mol. The minimum atomic E-state index is -0.247. The van der Waals surface area contributed by atoms with Crippen molar-refractivity contribution in [1.29, 1.82) is 21.0 Å². The van der Waals surface area contributed by atoms with Crippen LogP contribution in [0.5, 0.6) is 0 Å². The molecule has 2 aromatic carbocycles. The summed E-state index contributed by atoms with van der Waals surface area (Å²) < 4.78 is 0. The van der Waals surface area contributed by atoms with Crippen LogP contribution in [0.15, 0.2) is 72.8 Å². The van der Waals surface area contributed by atoms with Gasteiger partial charge in [-0.1, -0.05) is 72.8 Å². The van der Waals surface area contributed by atoms with Crippen LogP contribution in [0.3, 0.4) is 0 Å². The molecule has 0 amide bonds. The van der Waals surface area contributed by atoms with E-state index in [0.717, 1.165) is 0 Å². The number of hydrogen-bond donors (Lipinski definition) is 0. The Labute approximate surface area is 168 Å². The van der Waals surface area contributed by atoms with Gasteiger partial charge in [0.15, 0.2) is 22.8 Å². The van der Waals surface area contributed by atoms with Crippen molar-refractivity contribution in [2.24, 2.45) is 0 Å². The van der Waals surface area contributed by atoms with E-state index in [1.54, 1.807) is 24.3 Å². The van der Waals surface area contributed by atoms with Gasteiger partial charge in [-0.05, 0) is 0 Å². The molecule has 128 valence electrons. The maximum absolute atomic E-state index is 8.54. The van der Waals surface area contributed by atoms with E-state index in [0.29, 0.717) is 0 Å². The molecule has 0 radical (unpaired) electrons. The van der Waals surface area contributed by atoms with Gasteiger partial charge in [0.2, 0.25) is 0 Å². The summed E-state index contributed by atoms with van der Waals surface area (Å²) in [6.45, 7) is 0. The average Bonchev–Trinajstić information content (AvgIpc) is 2.76. The molecule has 0 atom stereocenters. The average molecular weight is 388 g/mol. The van der Waals surface area contributed by atoms with Gasteiger partial charge in [0, 0.05) is 17.4 Å². The summed E-state index contributed by atoms with van der Waals surface area (Å²) in [5.74, 6) is 0. The first kappa shape index (κ1) is 23.0. The van der Waals surface area contributed by atoms with Crippen molar-refractivity contribution in [2.45, 2.75) is 0 Å². The molecule has 0 fully saturated rings. The molecule has 0 unspecified atom stereocenters. The number of aromatic nitrogens is 2. The fourth-order valence-electron chi connectivity index (χ4n) is 1.52. The molecule has 0 saturated carbocycles. The molecule has 1 aromatic heterocycles. The second-order valence-electron chi connectivity index (χ2n) is 4.37. The van der Waals surface area contributed by atoms with E-state index >= 15 is 0 Å². The van der Waals surface area contributed by atoms with Gasteiger partial charge >= 0.3 is 0 Å². The Morgan fingerprint density at radius 2 is 0.556 bits per heavy atom. The van der Waals surface area contributed by atoms with Crippen LogP contribution in [-0.2, 0) is 17.4 Å². The number of nitrogens with zero attached hydrogens (tertiary/aromatic N) is 6. The molecule has 7 heteroatoms. The van der Waals surface area contributed by atoms with Gasteiger partial charge in [0.25, 0.3) is 0 Å². The number of nitriles is 4. The van der Waals surface area contributed by atoms with Gasteiger partial charge in [0.1, 0.15) is 24.3 Å². The van der Waals surface area contributed by atoms with Crippen LogP contribution in [0.25, 0.3) is 0 Å². The van der Waals surface area contributed by atoms with Gasteiger partial charge in [-0.15, -0.1) is 0 Å². The largest absolute Gasteiger partial charge is 0.220 e. The molecule has 0 aliphatic carbocycles. The molecule has 0 aliphatic heterocycles. The molecule has 0 saturated heterocycles. The van der Waals surface area contributed by atoms with Crippen molar-refractivity contribution < 1.29 is 17.4 Å². The number of rotatable bonds is 0. The Morgan fingerprint density at radius 3 is 0.667 bits per heavy atom. The third-order valence-electron chi connectivity index (χ3n) is 2.65. The fourth-order valence-corrected chi connectivity index (χ4v) is 1.52. The molecule has 1 heterocycles. The molecule has 27 heavy (non-hydrogen) atoms. The third-order valence-corrected chi connectivity index (χ3v) is 2.65. The first-order chi connectivity index (χ1) is 12.8. The first-order valence-electron chi connectivity index (χ1n) is 7.29. The predicted octanol–water partition coefficient (Wildman–Crippen LogP) is 3.33. The van der Waals surface area contributed by atoms with E-state index in [1.165, 1.54) is 0 Å². The standard InChI is InChI=1S/C8N6.2C6H6.Cr/c9-1-5-6(2-10)14-8(4-12)7(3-11)13-5;2*1-2-4-6-5-3-1;/h;2*1-6H;. The van der Waals surface area contributed by atoms with E-state index in [9.17, 15) is 0 Å².